The lowest BCUT2D eigenvalue weighted by molar-refractivity contribution is -0.134. The number of rotatable bonds is 23. The summed E-state index contributed by atoms with van der Waals surface area (Å²) in [6, 6.07) is 0. The van der Waals surface area contributed by atoms with E-state index in [0.717, 1.165) is 78.0 Å². The van der Waals surface area contributed by atoms with Gasteiger partial charge in [0.15, 0.2) is 0 Å². The van der Waals surface area contributed by atoms with Crippen molar-refractivity contribution in [2.75, 3.05) is 0 Å². The minimum absolute atomic E-state index is 0.0882. The molecule has 1 aromatic carbocycles. The molecule has 0 saturated carbocycles. The first-order chi connectivity index (χ1) is 21.0. The summed E-state index contributed by atoms with van der Waals surface area (Å²) in [4.78, 5) is 12.8. The summed E-state index contributed by atoms with van der Waals surface area (Å²) in [7, 11) is 0. The predicted molar refractivity (Wildman–Crippen MR) is 190 cm³/mol. The van der Waals surface area contributed by atoms with Crippen molar-refractivity contribution in [2.45, 2.75) is 203 Å². The van der Waals surface area contributed by atoms with Crippen LogP contribution in [-0.4, -0.2) is 11.6 Å². The minimum atomic E-state index is -0.116. The van der Waals surface area contributed by atoms with Gasteiger partial charge in [-0.15, -0.1) is 0 Å². The Morgan fingerprint density at radius 3 is 1.86 bits per heavy atom. The molecule has 0 N–H and O–H groups in total. The highest BCUT2D eigenvalue weighted by Crippen LogP contribution is 2.45. The second kappa shape index (κ2) is 20.6. The quantitative estimate of drug-likeness (QED) is 0.0700. The van der Waals surface area contributed by atoms with E-state index in [4.69, 9.17) is 9.47 Å². The highest BCUT2D eigenvalue weighted by atomic mass is 16.5. The van der Waals surface area contributed by atoms with Crippen LogP contribution in [0.4, 0.5) is 0 Å². The van der Waals surface area contributed by atoms with Crippen molar-refractivity contribution in [3.8, 4) is 11.5 Å². The van der Waals surface area contributed by atoms with Crippen molar-refractivity contribution >= 4 is 5.97 Å². The van der Waals surface area contributed by atoms with E-state index in [0.29, 0.717) is 6.42 Å². The largest absolute Gasteiger partial charge is 0.487 e. The standard InChI is InChI=1S/C41H72O3/c1-10-11-12-13-14-15-16-17-18-27-38(42)43-39-34(6)35(7)40-37(36(39)8)28-30-41(9,44-40)29-21-26-33(5)25-20-24-32(4)23-19-22-31(2)3/h31-33H,10-30H2,1-9H3/t32-,33-,41-/m1/s1. The van der Waals surface area contributed by atoms with Gasteiger partial charge in [-0.2, -0.15) is 0 Å². The molecule has 0 bridgehead atoms. The van der Waals surface area contributed by atoms with E-state index < -0.39 is 0 Å². The molecule has 1 aliphatic heterocycles. The Morgan fingerprint density at radius 2 is 1.27 bits per heavy atom. The third kappa shape index (κ3) is 13.9. The molecule has 1 aromatic rings. The summed E-state index contributed by atoms with van der Waals surface area (Å²) in [5.74, 6) is 4.23. The average Bonchev–Trinajstić information content (AvgIpc) is 2.97. The van der Waals surface area contributed by atoms with Crippen LogP contribution in [0.2, 0.25) is 0 Å². The normalized spacial score (nSPS) is 17.8. The molecule has 0 aliphatic carbocycles. The van der Waals surface area contributed by atoms with Gasteiger partial charge in [0.25, 0.3) is 0 Å². The summed E-state index contributed by atoms with van der Waals surface area (Å²) < 4.78 is 12.8. The fraction of sp³-hybridized carbons (Fsp3) is 0.829. The van der Waals surface area contributed by atoms with Crippen LogP contribution >= 0.6 is 0 Å². The Balaban J connectivity index is 1.78. The molecule has 1 heterocycles. The Morgan fingerprint density at radius 1 is 0.727 bits per heavy atom. The van der Waals surface area contributed by atoms with E-state index in [1.165, 1.54) is 102 Å². The first kappa shape index (κ1) is 38.7. The smallest absolute Gasteiger partial charge is 0.311 e. The summed E-state index contributed by atoms with van der Waals surface area (Å²) in [5.41, 5.74) is 4.41. The van der Waals surface area contributed by atoms with Crippen LogP contribution in [0.25, 0.3) is 0 Å². The van der Waals surface area contributed by atoms with Crippen LogP contribution < -0.4 is 9.47 Å². The number of hydrogen-bond donors (Lipinski definition) is 0. The zero-order valence-electron chi connectivity index (χ0n) is 30.8. The summed E-state index contributed by atoms with van der Waals surface area (Å²) in [5, 5.41) is 0. The van der Waals surface area contributed by atoms with Gasteiger partial charge in [-0.1, -0.05) is 131 Å². The third-order valence-electron chi connectivity index (χ3n) is 10.5. The molecule has 3 heteroatoms. The number of esters is 1. The van der Waals surface area contributed by atoms with Crippen molar-refractivity contribution in [1.82, 2.24) is 0 Å². The minimum Gasteiger partial charge on any atom is -0.487 e. The molecule has 0 unspecified atom stereocenters. The molecule has 0 amide bonds. The van der Waals surface area contributed by atoms with Crippen LogP contribution in [0.3, 0.4) is 0 Å². The zero-order valence-corrected chi connectivity index (χ0v) is 30.8. The predicted octanol–water partition coefficient (Wildman–Crippen LogP) is 13.0. The van der Waals surface area contributed by atoms with Gasteiger partial charge in [0.1, 0.15) is 17.1 Å². The van der Waals surface area contributed by atoms with Crippen LogP contribution in [0.5, 0.6) is 11.5 Å². The van der Waals surface area contributed by atoms with E-state index in [1.807, 2.05) is 0 Å². The Bertz CT molecular complexity index is 963. The lowest BCUT2D eigenvalue weighted by Gasteiger charge is -2.38. The maximum Gasteiger partial charge on any atom is 0.311 e. The molecule has 44 heavy (non-hydrogen) atoms. The zero-order chi connectivity index (χ0) is 32.5. The Kier molecular flexibility index (Phi) is 18.1. The first-order valence-electron chi connectivity index (χ1n) is 19.0. The molecule has 0 aromatic heterocycles. The first-order valence-corrected chi connectivity index (χ1v) is 19.0. The van der Waals surface area contributed by atoms with Crippen molar-refractivity contribution in [3.63, 3.8) is 0 Å². The molecule has 0 spiro atoms. The lowest BCUT2D eigenvalue weighted by Crippen LogP contribution is -2.37. The number of hydrogen-bond acceptors (Lipinski definition) is 3. The SMILES string of the molecule is CCCCCCCCCCCC(=O)Oc1c(C)c(C)c2c(c1C)CC[C@@](C)(CCC[C@H](C)CCC[C@H](C)CCCC(C)C)O2. The number of unbranched alkanes of at least 4 members (excludes halogenated alkanes) is 8. The molecule has 254 valence electrons. The van der Waals surface area contributed by atoms with Crippen LogP contribution in [0.15, 0.2) is 0 Å². The molecular formula is C41H72O3. The summed E-state index contributed by atoms with van der Waals surface area (Å²) >= 11 is 0. The average molecular weight is 613 g/mol. The number of carbonyl (C=O) groups excluding carboxylic acids is 1. The van der Waals surface area contributed by atoms with Gasteiger partial charge < -0.3 is 9.47 Å². The van der Waals surface area contributed by atoms with Gasteiger partial charge >= 0.3 is 5.97 Å². The van der Waals surface area contributed by atoms with E-state index in [2.05, 4.69) is 62.3 Å². The van der Waals surface area contributed by atoms with Crippen molar-refractivity contribution in [3.05, 3.63) is 22.3 Å². The van der Waals surface area contributed by atoms with Crippen LogP contribution in [0.1, 0.15) is 192 Å². The lowest BCUT2D eigenvalue weighted by atomic mass is 9.83. The molecule has 0 saturated heterocycles. The van der Waals surface area contributed by atoms with E-state index >= 15 is 0 Å². The maximum atomic E-state index is 12.8. The number of carbonyl (C=O) groups is 1. The summed E-state index contributed by atoms with van der Waals surface area (Å²) in [6.45, 7) is 20.5. The van der Waals surface area contributed by atoms with Gasteiger partial charge in [0, 0.05) is 12.0 Å². The fourth-order valence-corrected chi connectivity index (χ4v) is 7.16. The molecule has 0 radical (unpaired) electrons. The van der Waals surface area contributed by atoms with Crippen LogP contribution in [0, 0.1) is 38.5 Å². The Labute approximate surface area is 274 Å². The molecule has 3 nitrogen and oxygen atoms in total. The topological polar surface area (TPSA) is 35.5 Å². The molecule has 1 aliphatic rings. The molecule has 2 rings (SSSR count). The molecular weight excluding hydrogens is 540 g/mol. The van der Waals surface area contributed by atoms with Crippen molar-refractivity contribution < 1.29 is 14.3 Å². The third-order valence-corrected chi connectivity index (χ3v) is 10.5. The van der Waals surface area contributed by atoms with Gasteiger partial charge in [0.05, 0.1) is 0 Å². The van der Waals surface area contributed by atoms with Crippen LogP contribution in [-0.2, 0) is 11.2 Å². The fourth-order valence-electron chi connectivity index (χ4n) is 7.16. The van der Waals surface area contributed by atoms with E-state index in [-0.39, 0.29) is 11.6 Å². The number of fused-ring (bicyclic) bond motifs is 1. The maximum absolute atomic E-state index is 12.8. The monoisotopic (exact) mass is 613 g/mol. The highest BCUT2D eigenvalue weighted by molar-refractivity contribution is 5.74. The van der Waals surface area contributed by atoms with Gasteiger partial charge in [-0.25, -0.2) is 0 Å². The number of benzene rings is 1. The van der Waals surface area contributed by atoms with E-state index in [9.17, 15) is 4.79 Å². The van der Waals surface area contributed by atoms with Crippen molar-refractivity contribution in [1.29, 1.82) is 0 Å². The second-order valence-electron chi connectivity index (χ2n) is 15.5. The molecule has 0 fully saturated rings. The van der Waals surface area contributed by atoms with Crippen molar-refractivity contribution in [2.24, 2.45) is 17.8 Å². The van der Waals surface area contributed by atoms with Gasteiger partial charge in [-0.3, -0.25) is 4.79 Å². The highest BCUT2D eigenvalue weighted by Gasteiger charge is 2.34. The van der Waals surface area contributed by atoms with E-state index in [1.54, 1.807) is 0 Å². The summed E-state index contributed by atoms with van der Waals surface area (Å²) in [6.07, 6.45) is 25.7. The Hall–Kier alpha value is -1.51. The molecule has 3 atom stereocenters. The van der Waals surface area contributed by atoms with Gasteiger partial charge in [-0.05, 0) is 94.2 Å². The van der Waals surface area contributed by atoms with Gasteiger partial charge in [0.2, 0.25) is 0 Å². The number of ether oxygens (including phenoxy) is 2. The second-order valence-corrected chi connectivity index (χ2v) is 15.5.